The van der Waals surface area contributed by atoms with Crippen LogP contribution in [-0.4, -0.2) is 48.4 Å². The molecule has 3 aromatic rings. The van der Waals surface area contributed by atoms with Gasteiger partial charge in [0.25, 0.3) is 0 Å². The summed E-state index contributed by atoms with van der Waals surface area (Å²) >= 11 is 1.65. The van der Waals surface area contributed by atoms with Crippen molar-refractivity contribution in [1.29, 1.82) is 0 Å². The molecule has 0 spiro atoms. The zero-order valence-electron chi connectivity index (χ0n) is 16.2. The minimum Gasteiger partial charge on any atom is -0.497 e. The van der Waals surface area contributed by atoms with E-state index in [0.717, 1.165) is 26.5 Å². The summed E-state index contributed by atoms with van der Waals surface area (Å²) in [7, 11) is 5.46. The largest absolute Gasteiger partial charge is 0.497 e. The maximum atomic E-state index is 12.7. The van der Waals surface area contributed by atoms with Gasteiger partial charge < -0.3 is 9.64 Å². The molecule has 6 heteroatoms. The van der Waals surface area contributed by atoms with Crippen LogP contribution in [0.2, 0.25) is 0 Å². The molecule has 1 heterocycles. The van der Waals surface area contributed by atoms with Gasteiger partial charge >= 0.3 is 0 Å². The number of para-hydroxylation sites is 1. The van der Waals surface area contributed by atoms with Crippen molar-refractivity contribution in [1.82, 2.24) is 14.8 Å². The van der Waals surface area contributed by atoms with Gasteiger partial charge in [-0.3, -0.25) is 9.69 Å². The standard InChI is InChI=1S/C21H25N3O2S/c1-15(21-22-18-7-5-6-8-19(18)27-21)24(3)20(25)14-23(2)13-16-9-11-17(26-4)12-10-16/h5-12,15H,13-14H2,1-4H3/t15-/m1/s1. The second kappa shape index (κ2) is 8.50. The van der Waals surface area contributed by atoms with Gasteiger partial charge in [-0.25, -0.2) is 4.98 Å². The summed E-state index contributed by atoms with van der Waals surface area (Å²) in [6.07, 6.45) is 0. The Morgan fingerprint density at radius 3 is 2.52 bits per heavy atom. The summed E-state index contributed by atoms with van der Waals surface area (Å²) in [6, 6.07) is 15.9. The molecule has 0 saturated heterocycles. The van der Waals surface area contributed by atoms with Crippen molar-refractivity contribution in [3.05, 3.63) is 59.1 Å². The molecule has 0 aliphatic heterocycles. The number of benzene rings is 2. The maximum absolute atomic E-state index is 12.7. The second-order valence-electron chi connectivity index (χ2n) is 6.72. The Balaban J connectivity index is 1.60. The van der Waals surface area contributed by atoms with E-state index in [1.54, 1.807) is 23.3 Å². The lowest BCUT2D eigenvalue weighted by Gasteiger charge is -2.26. The van der Waals surface area contributed by atoms with Crippen LogP contribution in [0.5, 0.6) is 5.75 Å². The third-order valence-electron chi connectivity index (χ3n) is 4.66. The van der Waals surface area contributed by atoms with E-state index in [4.69, 9.17) is 4.74 Å². The predicted molar refractivity (Wildman–Crippen MR) is 110 cm³/mol. The summed E-state index contributed by atoms with van der Waals surface area (Å²) in [6.45, 7) is 3.09. The molecule has 0 radical (unpaired) electrons. The van der Waals surface area contributed by atoms with Gasteiger partial charge in [-0.05, 0) is 43.8 Å². The van der Waals surface area contributed by atoms with Crippen molar-refractivity contribution >= 4 is 27.5 Å². The third-order valence-corrected chi connectivity index (χ3v) is 5.87. The fourth-order valence-electron chi connectivity index (χ4n) is 2.89. The Labute approximate surface area is 164 Å². The van der Waals surface area contributed by atoms with Gasteiger partial charge in [0.05, 0.1) is 29.9 Å². The first-order valence-electron chi connectivity index (χ1n) is 8.90. The molecule has 27 heavy (non-hydrogen) atoms. The number of thiazole rings is 1. The highest BCUT2D eigenvalue weighted by Crippen LogP contribution is 2.28. The topological polar surface area (TPSA) is 45.7 Å². The Kier molecular flexibility index (Phi) is 6.08. The molecule has 0 aliphatic rings. The molecule has 1 atom stereocenters. The lowest BCUT2D eigenvalue weighted by Crippen LogP contribution is -2.37. The number of ether oxygens (including phenoxy) is 1. The van der Waals surface area contributed by atoms with Gasteiger partial charge in [-0.2, -0.15) is 0 Å². The Morgan fingerprint density at radius 2 is 1.85 bits per heavy atom. The van der Waals surface area contributed by atoms with E-state index < -0.39 is 0 Å². The zero-order valence-corrected chi connectivity index (χ0v) is 17.0. The number of hydrogen-bond acceptors (Lipinski definition) is 5. The number of fused-ring (bicyclic) bond motifs is 1. The van der Waals surface area contributed by atoms with Gasteiger partial charge in [0, 0.05) is 13.6 Å². The first-order valence-corrected chi connectivity index (χ1v) is 9.72. The fraction of sp³-hybridized carbons (Fsp3) is 0.333. The average Bonchev–Trinajstić information content (AvgIpc) is 3.11. The van der Waals surface area contributed by atoms with Crippen LogP contribution in [0.15, 0.2) is 48.5 Å². The van der Waals surface area contributed by atoms with E-state index in [9.17, 15) is 4.79 Å². The van der Waals surface area contributed by atoms with Crippen molar-refractivity contribution in [2.24, 2.45) is 0 Å². The summed E-state index contributed by atoms with van der Waals surface area (Å²) in [5, 5.41) is 0.963. The lowest BCUT2D eigenvalue weighted by atomic mass is 10.2. The summed E-state index contributed by atoms with van der Waals surface area (Å²) in [5.41, 5.74) is 2.13. The van der Waals surface area contributed by atoms with Crippen LogP contribution in [0.3, 0.4) is 0 Å². The summed E-state index contributed by atoms with van der Waals surface area (Å²) in [5.74, 6) is 0.916. The number of carbonyl (C=O) groups is 1. The SMILES string of the molecule is COc1ccc(CN(C)CC(=O)N(C)[C@H](C)c2nc3ccccc3s2)cc1. The molecular weight excluding hydrogens is 358 g/mol. The van der Waals surface area contributed by atoms with Gasteiger partial charge in [0.2, 0.25) is 5.91 Å². The normalized spacial score (nSPS) is 12.3. The van der Waals surface area contributed by atoms with E-state index in [1.807, 2.05) is 68.4 Å². The summed E-state index contributed by atoms with van der Waals surface area (Å²) in [4.78, 5) is 21.2. The Morgan fingerprint density at radius 1 is 1.15 bits per heavy atom. The van der Waals surface area contributed by atoms with Crippen LogP contribution in [0.4, 0.5) is 0 Å². The zero-order chi connectivity index (χ0) is 19.4. The number of hydrogen-bond donors (Lipinski definition) is 0. The molecule has 0 N–H and O–H groups in total. The Bertz CT molecular complexity index is 874. The molecule has 0 unspecified atom stereocenters. The molecule has 5 nitrogen and oxygen atoms in total. The second-order valence-corrected chi connectivity index (χ2v) is 7.78. The Hall–Kier alpha value is -2.44. The maximum Gasteiger partial charge on any atom is 0.237 e. The first kappa shape index (κ1) is 19.3. The molecule has 1 amide bonds. The fourth-order valence-corrected chi connectivity index (χ4v) is 3.95. The van der Waals surface area contributed by atoms with E-state index in [0.29, 0.717) is 13.1 Å². The molecule has 0 bridgehead atoms. The van der Waals surface area contributed by atoms with Crippen molar-refractivity contribution < 1.29 is 9.53 Å². The molecule has 0 aliphatic carbocycles. The van der Waals surface area contributed by atoms with Crippen molar-refractivity contribution in [3.8, 4) is 5.75 Å². The smallest absolute Gasteiger partial charge is 0.237 e. The number of aromatic nitrogens is 1. The highest BCUT2D eigenvalue weighted by molar-refractivity contribution is 7.18. The monoisotopic (exact) mass is 383 g/mol. The molecule has 1 aromatic heterocycles. The number of nitrogens with zero attached hydrogens (tertiary/aromatic N) is 3. The van der Waals surface area contributed by atoms with Gasteiger partial charge in [0.15, 0.2) is 0 Å². The number of rotatable bonds is 7. The predicted octanol–water partition coefficient (Wildman–Crippen LogP) is 3.96. The van der Waals surface area contributed by atoms with Crippen molar-refractivity contribution in [3.63, 3.8) is 0 Å². The number of carbonyl (C=O) groups excluding carboxylic acids is 1. The van der Waals surface area contributed by atoms with E-state index >= 15 is 0 Å². The van der Waals surface area contributed by atoms with E-state index in [-0.39, 0.29) is 11.9 Å². The number of likely N-dealkylation sites (N-methyl/N-ethyl adjacent to an activating group) is 2. The molecular formula is C21H25N3O2S. The summed E-state index contributed by atoms with van der Waals surface area (Å²) < 4.78 is 6.33. The number of amides is 1. The van der Waals surface area contributed by atoms with Gasteiger partial charge in [0.1, 0.15) is 10.8 Å². The molecule has 0 saturated carbocycles. The number of methoxy groups -OCH3 is 1. The van der Waals surface area contributed by atoms with Crippen LogP contribution in [0.25, 0.3) is 10.2 Å². The minimum absolute atomic E-state index is 0.0516. The minimum atomic E-state index is -0.0516. The quantitative estimate of drug-likeness (QED) is 0.620. The molecule has 142 valence electrons. The molecule has 2 aromatic carbocycles. The van der Waals surface area contributed by atoms with Crippen LogP contribution < -0.4 is 4.74 Å². The van der Waals surface area contributed by atoms with Gasteiger partial charge in [-0.1, -0.05) is 24.3 Å². The highest BCUT2D eigenvalue weighted by atomic mass is 32.1. The van der Waals surface area contributed by atoms with E-state index in [1.165, 1.54) is 0 Å². The van der Waals surface area contributed by atoms with Crippen molar-refractivity contribution in [2.75, 3.05) is 27.7 Å². The van der Waals surface area contributed by atoms with Gasteiger partial charge in [-0.15, -0.1) is 11.3 Å². The average molecular weight is 384 g/mol. The molecule has 0 fully saturated rings. The molecule has 3 rings (SSSR count). The third kappa shape index (κ3) is 4.64. The van der Waals surface area contributed by atoms with Crippen LogP contribution in [0.1, 0.15) is 23.5 Å². The van der Waals surface area contributed by atoms with E-state index in [2.05, 4.69) is 11.1 Å². The lowest BCUT2D eigenvalue weighted by molar-refractivity contribution is -0.132. The highest BCUT2D eigenvalue weighted by Gasteiger charge is 2.21. The van der Waals surface area contributed by atoms with Crippen LogP contribution in [0, 0.1) is 0 Å². The van der Waals surface area contributed by atoms with Crippen molar-refractivity contribution in [2.45, 2.75) is 19.5 Å². The van der Waals surface area contributed by atoms with Crippen LogP contribution >= 0.6 is 11.3 Å². The van der Waals surface area contributed by atoms with Crippen LogP contribution in [-0.2, 0) is 11.3 Å². The first-order chi connectivity index (χ1) is 13.0.